The summed E-state index contributed by atoms with van der Waals surface area (Å²) in [7, 11) is 0. The lowest BCUT2D eigenvalue weighted by Crippen LogP contribution is -2.54. The van der Waals surface area contributed by atoms with Crippen molar-refractivity contribution in [3.8, 4) is 11.4 Å². The first-order valence-corrected chi connectivity index (χ1v) is 12.5. The van der Waals surface area contributed by atoms with Crippen molar-refractivity contribution in [2.45, 2.75) is 44.7 Å². The molecule has 1 aliphatic carbocycles. The van der Waals surface area contributed by atoms with Crippen molar-refractivity contribution in [1.82, 2.24) is 25.0 Å². The summed E-state index contributed by atoms with van der Waals surface area (Å²) in [6.07, 6.45) is 4.22. The Hall–Kier alpha value is -4.34. The second-order valence-electron chi connectivity index (χ2n) is 9.92. The average molecular weight is 499 g/mol. The van der Waals surface area contributed by atoms with Gasteiger partial charge >= 0.3 is 0 Å². The third-order valence-corrected chi connectivity index (χ3v) is 7.38. The van der Waals surface area contributed by atoms with Crippen molar-refractivity contribution < 1.29 is 19.2 Å². The molecule has 188 valence electrons. The van der Waals surface area contributed by atoms with Gasteiger partial charge in [0.05, 0.1) is 22.9 Å². The summed E-state index contributed by atoms with van der Waals surface area (Å²) in [5.41, 5.74) is 4.01. The van der Waals surface area contributed by atoms with Crippen LogP contribution in [0.4, 0.5) is 5.69 Å². The summed E-state index contributed by atoms with van der Waals surface area (Å²) in [5, 5.41) is 10.3. The number of nitrogens with one attached hydrogen (secondary N) is 2. The molecule has 3 aliphatic rings. The topological polar surface area (TPSA) is 126 Å². The Bertz CT molecular complexity index is 1440. The van der Waals surface area contributed by atoms with Gasteiger partial charge in [-0.2, -0.15) is 5.10 Å². The van der Waals surface area contributed by atoms with Crippen molar-refractivity contribution in [3.63, 3.8) is 0 Å². The van der Waals surface area contributed by atoms with Crippen LogP contribution in [0.3, 0.4) is 0 Å². The van der Waals surface area contributed by atoms with Gasteiger partial charge in [0.1, 0.15) is 11.7 Å². The molecule has 2 aromatic heterocycles. The third kappa shape index (κ3) is 4.18. The molecule has 3 aromatic rings. The molecule has 0 bridgehead atoms. The molecule has 0 spiro atoms. The first-order chi connectivity index (χ1) is 17.9. The number of hydrogen-bond acceptors (Lipinski definition) is 7. The van der Waals surface area contributed by atoms with Gasteiger partial charge in [-0.3, -0.25) is 39.1 Å². The minimum Gasteiger partial charge on any atom is -0.385 e. The van der Waals surface area contributed by atoms with Gasteiger partial charge in [-0.05, 0) is 68.5 Å². The van der Waals surface area contributed by atoms with Crippen LogP contribution in [0.1, 0.15) is 58.1 Å². The molecule has 6 rings (SSSR count). The van der Waals surface area contributed by atoms with E-state index in [4.69, 9.17) is 5.10 Å². The third-order valence-electron chi connectivity index (χ3n) is 7.38. The van der Waals surface area contributed by atoms with E-state index in [0.29, 0.717) is 12.0 Å². The second kappa shape index (κ2) is 8.95. The quantitative estimate of drug-likeness (QED) is 0.501. The molecule has 2 N–H and O–H groups in total. The van der Waals surface area contributed by atoms with E-state index >= 15 is 0 Å². The van der Waals surface area contributed by atoms with Crippen molar-refractivity contribution >= 4 is 29.3 Å². The number of rotatable bonds is 6. The number of pyridine rings is 1. The minimum atomic E-state index is -0.960. The predicted octanol–water partition coefficient (Wildman–Crippen LogP) is 2.72. The Labute approximate surface area is 213 Å². The number of aryl methyl sites for hydroxylation is 1. The van der Waals surface area contributed by atoms with Crippen LogP contribution in [-0.2, 0) is 9.59 Å². The van der Waals surface area contributed by atoms with Crippen molar-refractivity contribution in [1.29, 1.82) is 0 Å². The molecule has 10 nitrogen and oxygen atoms in total. The first kappa shape index (κ1) is 23.1. The molecular weight excluding hydrogens is 472 g/mol. The second-order valence-corrected chi connectivity index (χ2v) is 9.92. The van der Waals surface area contributed by atoms with E-state index in [1.54, 1.807) is 18.2 Å². The molecule has 1 unspecified atom stereocenters. The van der Waals surface area contributed by atoms with Crippen LogP contribution >= 0.6 is 0 Å². The zero-order valence-corrected chi connectivity index (χ0v) is 20.3. The van der Waals surface area contributed by atoms with Crippen LogP contribution in [-0.4, -0.2) is 55.9 Å². The number of fused-ring (bicyclic) bond motifs is 1. The summed E-state index contributed by atoms with van der Waals surface area (Å²) in [6.45, 7) is 2.70. The van der Waals surface area contributed by atoms with Crippen LogP contribution in [0.15, 0.2) is 48.7 Å². The molecule has 1 saturated heterocycles. The maximum atomic E-state index is 13.0. The van der Waals surface area contributed by atoms with Crippen LogP contribution < -0.4 is 10.6 Å². The fraction of sp³-hybridized carbons (Fsp3) is 0.333. The Morgan fingerprint density at radius 2 is 1.81 bits per heavy atom. The van der Waals surface area contributed by atoms with Gasteiger partial charge in [-0.15, -0.1) is 0 Å². The lowest BCUT2D eigenvalue weighted by molar-refractivity contribution is -0.136. The van der Waals surface area contributed by atoms with Crippen LogP contribution in [0.2, 0.25) is 0 Å². The molecule has 2 fully saturated rings. The summed E-state index contributed by atoms with van der Waals surface area (Å²) >= 11 is 0. The lowest BCUT2D eigenvalue weighted by Gasteiger charge is -2.35. The monoisotopic (exact) mass is 498 g/mol. The van der Waals surface area contributed by atoms with Gasteiger partial charge in [-0.25, -0.2) is 0 Å². The van der Waals surface area contributed by atoms with Crippen molar-refractivity contribution in [3.05, 3.63) is 65.5 Å². The number of imide groups is 2. The van der Waals surface area contributed by atoms with Crippen LogP contribution in [0, 0.1) is 12.8 Å². The summed E-state index contributed by atoms with van der Waals surface area (Å²) in [5.74, 6) is -1.54. The Balaban J connectivity index is 1.06. The SMILES string of the molecule is Cc1cccc(-c2ccn([C@H]3C[C@H](CNc4ccc5c(c4)C(=O)N(C4CCC(=O)NC4=O)C5=O)C3)n2)n1. The van der Waals surface area contributed by atoms with Gasteiger partial charge in [0, 0.05) is 30.5 Å². The molecule has 4 amide bonds. The molecule has 2 aliphatic heterocycles. The average Bonchev–Trinajstić information content (AvgIpc) is 3.42. The highest BCUT2D eigenvalue weighted by Gasteiger charge is 2.44. The molecule has 0 radical (unpaired) electrons. The lowest BCUT2D eigenvalue weighted by atomic mass is 9.80. The molecule has 1 saturated carbocycles. The van der Waals surface area contributed by atoms with E-state index in [0.717, 1.165) is 47.1 Å². The summed E-state index contributed by atoms with van der Waals surface area (Å²) in [6, 6.07) is 12.4. The zero-order valence-electron chi connectivity index (χ0n) is 20.3. The molecule has 10 heteroatoms. The number of amides is 4. The highest BCUT2D eigenvalue weighted by atomic mass is 16.2. The normalized spacial score (nSPS) is 23.1. The zero-order chi connectivity index (χ0) is 25.7. The number of aromatic nitrogens is 3. The number of benzene rings is 1. The Kier molecular flexibility index (Phi) is 5.58. The maximum absolute atomic E-state index is 13.0. The summed E-state index contributed by atoms with van der Waals surface area (Å²) < 4.78 is 2.01. The number of hydrogen-bond donors (Lipinski definition) is 2. The number of piperidine rings is 1. The van der Waals surface area contributed by atoms with Crippen LogP contribution in [0.5, 0.6) is 0 Å². The van der Waals surface area contributed by atoms with Gasteiger partial charge in [0.2, 0.25) is 11.8 Å². The smallest absolute Gasteiger partial charge is 0.262 e. The standard InChI is InChI=1S/C27H26N6O4/c1-15-3-2-4-21(29-15)22-9-10-32(31-22)18-11-16(12-18)14-28-17-5-6-19-20(13-17)27(37)33(26(19)36)23-7-8-24(34)30-25(23)35/h2-6,9-10,13,16,18,23,28H,7-8,11-12,14H2,1H3,(H,30,34,35)/t16-,18-,23?. The van der Waals surface area contributed by atoms with E-state index < -0.39 is 23.8 Å². The van der Waals surface area contributed by atoms with Crippen molar-refractivity contribution in [2.75, 3.05) is 11.9 Å². The van der Waals surface area contributed by atoms with Gasteiger partial charge < -0.3 is 5.32 Å². The largest absolute Gasteiger partial charge is 0.385 e. The number of nitrogens with zero attached hydrogens (tertiary/aromatic N) is 4. The van der Waals surface area contributed by atoms with E-state index in [-0.39, 0.29) is 29.9 Å². The first-order valence-electron chi connectivity index (χ1n) is 12.5. The molecule has 1 aromatic carbocycles. The predicted molar refractivity (Wildman–Crippen MR) is 134 cm³/mol. The molecule has 37 heavy (non-hydrogen) atoms. The van der Waals surface area contributed by atoms with E-state index in [1.807, 2.05) is 42.1 Å². The fourth-order valence-corrected chi connectivity index (χ4v) is 5.29. The summed E-state index contributed by atoms with van der Waals surface area (Å²) in [4.78, 5) is 55.1. The van der Waals surface area contributed by atoms with Gasteiger partial charge in [0.25, 0.3) is 11.8 Å². The van der Waals surface area contributed by atoms with E-state index in [2.05, 4.69) is 15.6 Å². The highest BCUT2D eigenvalue weighted by molar-refractivity contribution is 6.23. The van der Waals surface area contributed by atoms with E-state index in [1.165, 1.54) is 0 Å². The number of carbonyl (C=O) groups is 4. The molecule has 1 atom stereocenters. The Morgan fingerprint density at radius 1 is 1.00 bits per heavy atom. The molecular formula is C27H26N6O4. The maximum Gasteiger partial charge on any atom is 0.262 e. The van der Waals surface area contributed by atoms with E-state index in [9.17, 15) is 19.2 Å². The van der Waals surface area contributed by atoms with Crippen LogP contribution in [0.25, 0.3) is 11.4 Å². The van der Waals surface area contributed by atoms with Gasteiger partial charge in [-0.1, -0.05) is 6.07 Å². The fourth-order valence-electron chi connectivity index (χ4n) is 5.29. The molecule has 4 heterocycles. The number of anilines is 1. The number of carbonyl (C=O) groups excluding carboxylic acids is 4. The minimum absolute atomic E-state index is 0.0989. The van der Waals surface area contributed by atoms with Gasteiger partial charge in [0.15, 0.2) is 0 Å². The highest BCUT2D eigenvalue weighted by Crippen LogP contribution is 2.38. The van der Waals surface area contributed by atoms with Crippen molar-refractivity contribution in [2.24, 2.45) is 5.92 Å². The Morgan fingerprint density at radius 3 is 2.59 bits per heavy atom.